The highest BCUT2D eigenvalue weighted by Gasteiger charge is 2.38. The predicted molar refractivity (Wildman–Crippen MR) is 82.4 cm³/mol. The van der Waals surface area contributed by atoms with Crippen LogP contribution in [0.1, 0.15) is 37.3 Å². The van der Waals surface area contributed by atoms with E-state index in [1.54, 1.807) is 0 Å². The van der Waals surface area contributed by atoms with Gasteiger partial charge in [-0.25, -0.2) is 0 Å². The Labute approximate surface area is 138 Å². The summed E-state index contributed by atoms with van der Waals surface area (Å²) in [6.45, 7) is 3.28. The first kappa shape index (κ1) is 18.3. The molecule has 0 aromatic heterocycles. The van der Waals surface area contributed by atoms with Gasteiger partial charge >= 0.3 is 12.1 Å². The van der Waals surface area contributed by atoms with Gasteiger partial charge in [0.25, 0.3) is 0 Å². The maximum absolute atomic E-state index is 12.9. The molecule has 3 atom stereocenters. The molecule has 1 aliphatic carbocycles. The van der Waals surface area contributed by atoms with E-state index in [0.29, 0.717) is 12.8 Å². The summed E-state index contributed by atoms with van der Waals surface area (Å²) in [5.41, 5.74) is -0.720. The first-order valence-corrected chi connectivity index (χ1v) is 7.81. The number of benzene rings is 1. The molecule has 1 amide bonds. The minimum absolute atomic E-state index is 0.0280. The molecule has 1 aromatic rings. The number of aryl methyl sites for hydroxylation is 1. The number of carboxylic acid groups (broad SMARTS) is 1. The third-order valence-electron chi connectivity index (χ3n) is 4.58. The SMILES string of the molecule is Cc1ccc(NC(=O)C2CC(C)CCC2C(=O)O)cc1C(F)(F)F. The Morgan fingerprint density at radius 1 is 1.21 bits per heavy atom. The lowest BCUT2D eigenvalue weighted by atomic mass is 9.74. The van der Waals surface area contributed by atoms with Crippen LogP contribution >= 0.6 is 0 Å². The van der Waals surface area contributed by atoms with Crippen molar-refractivity contribution in [1.82, 2.24) is 0 Å². The summed E-state index contributed by atoms with van der Waals surface area (Å²) in [6, 6.07) is 3.57. The van der Waals surface area contributed by atoms with Crippen LogP contribution in [0.5, 0.6) is 0 Å². The van der Waals surface area contributed by atoms with Gasteiger partial charge in [0.15, 0.2) is 0 Å². The number of aliphatic carboxylic acids is 1. The van der Waals surface area contributed by atoms with Crippen LogP contribution < -0.4 is 5.32 Å². The average Bonchev–Trinajstić information content (AvgIpc) is 2.47. The van der Waals surface area contributed by atoms with Crippen molar-refractivity contribution in [2.75, 3.05) is 5.32 Å². The molecule has 0 spiro atoms. The van der Waals surface area contributed by atoms with Crippen molar-refractivity contribution in [3.8, 4) is 0 Å². The molecule has 1 fully saturated rings. The summed E-state index contributed by atoms with van der Waals surface area (Å²) in [5, 5.41) is 11.7. The van der Waals surface area contributed by atoms with Gasteiger partial charge in [-0.15, -0.1) is 0 Å². The highest BCUT2D eigenvalue weighted by molar-refractivity contribution is 5.95. The van der Waals surface area contributed by atoms with Crippen molar-refractivity contribution in [3.63, 3.8) is 0 Å². The normalized spacial score (nSPS) is 24.5. The summed E-state index contributed by atoms with van der Waals surface area (Å²) in [6.07, 6.45) is -2.96. The molecule has 1 saturated carbocycles. The van der Waals surface area contributed by atoms with Crippen molar-refractivity contribution >= 4 is 17.6 Å². The summed E-state index contributed by atoms with van der Waals surface area (Å²) in [5.74, 6) is -2.90. The number of carboxylic acids is 1. The van der Waals surface area contributed by atoms with Crippen LogP contribution in [0, 0.1) is 24.7 Å². The fourth-order valence-electron chi connectivity index (χ4n) is 3.21. The Bertz CT molecular complexity index is 642. The molecule has 3 unspecified atom stereocenters. The van der Waals surface area contributed by atoms with Gasteiger partial charge in [0, 0.05) is 5.69 Å². The zero-order chi connectivity index (χ0) is 18.1. The number of nitrogens with one attached hydrogen (secondary N) is 1. The van der Waals surface area contributed by atoms with Crippen LogP contribution in [-0.2, 0) is 15.8 Å². The zero-order valence-corrected chi connectivity index (χ0v) is 13.5. The third kappa shape index (κ3) is 4.07. The van der Waals surface area contributed by atoms with E-state index >= 15 is 0 Å². The molecule has 4 nitrogen and oxygen atoms in total. The highest BCUT2D eigenvalue weighted by Crippen LogP contribution is 2.36. The monoisotopic (exact) mass is 343 g/mol. The highest BCUT2D eigenvalue weighted by atomic mass is 19.4. The van der Waals surface area contributed by atoms with Crippen LogP contribution in [0.2, 0.25) is 0 Å². The lowest BCUT2D eigenvalue weighted by Crippen LogP contribution is -2.38. The summed E-state index contributed by atoms with van der Waals surface area (Å²) >= 11 is 0. The molecule has 2 rings (SSSR count). The molecule has 0 bridgehead atoms. The number of anilines is 1. The number of rotatable bonds is 3. The summed E-state index contributed by atoms with van der Waals surface area (Å²) in [4.78, 5) is 23.7. The zero-order valence-electron chi connectivity index (χ0n) is 13.5. The first-order chi connectivity index (χ1) is 11.1. The number of hydrogen-bond acceptors (Lipinski definition) is 2. The van der Waals surface area contributed by atoms with Crippen molar-refractivity contribution in [2.24, 2.45) is 17.8 Å². The molecular weight excluding hydrogens is 323 g/mol. The Morgan fingerprint density at radius 2 is 1.88 bits per heavy atom. The van der Waals surface area contributed by atoms with E-state index in [2.05, 4.69) is 5.32 Å². The number of carbonyl (C=O) groups excluding carboxylic acids is 1. The summed E-state index contributed by atoms with van der Waals surface area (Å²) in [7, 11) is 0. The average molecular weight is 343 g/mol. The van der Waals surface area contributed by atoms with Crippen molar-refractivity contribution in [2.45, 2.75) is 39.3 Å². The maximum atomic E-state index is 12.9. The van der Waals surface area contributed by atoms with Crippen LogP contribution in [0.15, 0.2) is 18.2 Å². The number of amides is 1. The van der Waals surface area contributed by atoms with E-state index in [9.17, 15) is 27.9 Å². The molecular formula is C17H20F3NO3. The van der Waals surface area contributed by atoms with E-state index < -0.39 is 35.5 Å². The maximum Gasteiger partial charge on any atom is 0.416 e. The standard InChI is InChI=1S/C17H20F3NO3/c1-9-3-6-12(16(23)24)13(7-9)15(22)21-11-5-4-10(2)14(8-11)17(18,19)20/h4-5,8-9,12-13H,3,6-7H2,1-2H3,(H,21,22)(H,23,24). The lowest BCUT2D eigenvalue weighted by molar-refractivity contribution is -0.148. The molecule has 7 heteroatoms. The van der Waals surface area contributed by atoms with E-state index in [-0.39, 0.29) is 17.2 Å². The second kappa shape index (κ2) is 6.83. The Hall–Kier alpha value is -2.05. The fraction of sp³-hybridized carbons (Fsp3) is 0.529. The van der Waals surface area contributed by atoms with Gasteiger partial charge in [-0.3, -0.25) is 9.59 Å². The van der Waals surface area contributed by atoms with Gasteiger partial charge in [-0.05, 0) is 49.8 Å². The van der Waals surface area contributed by atoms with Gasteiger partial charge in [0.1, 0.15) is 0 Å². The molecule has 1 aliphatic rings. The van der Waals surface area contributed by atoms with E-state index in [0.717, 1.165) is 12.5 Å². The van der Waals surface area contributed by atoms with Crippen LogP contribution in [0.3, 0.4) is 0 Å². The number of carbonyl (C=O) groups is 2. The van der Waals surface area contributed by atoms with Gasteiger partial charge in [0.05, 0.1) is 17.4 Å². The van der Waals surface area contributed by atoms with Gasteiger partial charge in [0.2, 0.25) is 5.91 Å². The van der Waals surface area contributed by atoms with Gasteiger partial charge in [-0.1, -0.05) is 13.0 Å². The van der Waals surface area contributed by atoms with Crippen molar-refractivity contribution in [3.05, 3.63) is 29.3 Å². The molecule has 24 heavy (non-hydrogen) atoms. The number of alkyl halides is 3. The van der Waals surface area contributed by atoms with E-state index in [1.807, 2.05) is 6.92 Å². The van der Waals surface area contributed by atoms with Gasteiger partial charge in [-0.2, -0.15) is 13.2 Å². The Kier molecular flexibility index (Phi) is 5.20. The molecule has 0 saturated heterocycles. The van der Waals surface area contributed by atoms with Gasteiger partial charge < -0.3 is 10.4 Å². The fourth-order valence-corrected chi connectivity index (χ4v) is 3.21. The van der Waals surface area contributed by atoms with Crippen LogP contribution in [0.4, 0.5) is 18.9 Å². The summed E-state index contributed by atoms with van der Waals surface area (Å²) < 4.78 is 38.8. The quantitative estimate of drug-likeness (QED) is 0.869. The van der Waals surface area contributed by atoms with Crippen molar-refractivity contribution < 1.29 is 27.9 Å². The molecule has 0 heterocycles. The minimum atomic E-state index is -4.51. The molecule has 1 aromatic carbocycles. The van der Waals surface area contributed by atoms with Crippen LogP contribution in [-0.4, -0.2) is 17.0 Å². The lowest BCUT2D eigenvalue weighted by Gasteiger charge is -2.31. The van der Waals surface area contributed by atoms with Crippen LogP contribution in [0.25, 0.3) is 0 Å². The molecule has 0 radical (unpaired) electrons. The number of hydrogen-bond donors (Lipinski definition) is 2. The Balaban J connectivity index is 2.20. The van der Waals surface area contributed by atoms with E-state index in [4.69, 9.17) is 0 Å². The topological polar surface area (TPSA) is 66.4 Å². The minimum Gasteiger partial charge on any atom is -0.481 e. The smallest absolute Gasteiger partial charge is 0.416 e. The Morgan fingerprint density at radius 3 is 2.46 bits per heavy atom. The molecule has 0 aliphatic heterocycles. The predicted octanol–water partition coefficient (Wildman–Crippen LogP) is 4.09. The second-order valence-electron chi connectivity index (χ2n) is 6.49. The number of halogens is 3. The molecule has 2 N–H and O–H groups in total. The van der Waals surface area contributed by atoms with Crippen molar-refractivity contribution in [1.29, 1.82) is 0 Å². The largest absolute Gasteiger partial charge is 0.481 e. The second-order valence-corrected chi connectivity index (χ2v) is 6.49. The third-order valence-corrected chi connectivity index (χ3v) is 4.58. The van der Waals surface area contributed by atoms with E-state index in [1.165, 1.54) is 19.1 Å². The first-order valence-electron chi connectivity index (χ1n) is 7.81. The molecule has 132 valence electrons.